The maximum absolute atomic E-state index is 11.9. The van der Waals surface area contributed by atoms with Gasteiger partial charge in [0, 0.05) is 23.0 Å². The van der Waals surface area contributed by atoms with Gasteiger partial charge in [-0.3, -0.25) is 4.79 Å². The largest absolute Gasteiger partial charge is 0.399 e. The van der Waals surface area contributed by atoms with Crippen LogP contribution in [0, 0.1) is 0 Å². The van der Waals surface area contributed by atoms with Crippen molar-refractivity contribution in [1.82, 2.24) is 5.32 Å². The van der Waals surface area contributed by atoms with E-state index in [1.165, 1.54) is 0 Å². The van der Waals surface area contributed by atoms with E-state index in [-0.39, 0.29) is 11.9 Å². The number of nitrogens with one attached hydrogen (secondary N) is 1. The van der Waals surface area contributed by atoms with Crippen LogP contribution in [0.1, 0.15) is 23.7 Å². The molecule has 4 nitrogen and oxygen atoms in total. The van der Waals surface area contributed by atoms with Gasteiger partial charge >= 0.3 is 0 Å². The third-order valence-electron chi connectivity index (χ3n) is 2.37. The van der Waals surface area contributed by atoms with E-state index in [9.17, 15) is 4.79 Å². The van der Waals surface area contributed by atoms with Crippen LogP contribution in [0.3, 0.4) is 0 Å². The van der Waals surface area contributed by atoms with Gasteiger partial charge in [-0.2, -0.15) is 11.8 Å². The van der Waals surface area contributed by atoms with Gasteiger partial charge < -0.3 is 16.8 Å². The van der Waals surface area contributed by atoms with Crippen molar-refractivity contribution in [2.75, 3.05) is 23.5 Å². The molecule has 1 unspecified atom stereocenters. The molecule has 94 valence electrons. The highest BCUT2D eigenvalue weighted by Gasteiger charge is 2.10. The summed E-state index contributed by atoms with van der Waals surface area (Å²) in [7, 11) is 0. The summed E-state index contributed by atoms with van der Waals surface area (Å²) in [4.78, 5) is 11.9. The molecular weight excluding hydrogens is 234 g/mol. The van der Waals surface area contributed by atoms with Gasteiger partial charge in [-0.15, -0.1) is 0 Å². The van der Waals surface area contributed by atoms with Crippen LogP contribution in [0.15, 0.2) is 18.2 Å². The summed E-state index contributed by atoms with van der Waals surface area (Å²) < 4.78 is 0. The number of hydrogen-bond donors (Lipinski definition) is 3. The van der Waals surface area contributed by atoms with Gasteiger partial charge in [0.25, 0.3) is 5.91 Å². The average molecular weight is 253 g/mol. The van der Waals surface area contributed by atoms with Crippen LogP contribution in [-0.2, 0) is 0 Å². The van der Waals surface area contributed by atoms with Gasteiger partial charge in [0.1, 0.15) is 0 Å². The Bertz CT molecular complexity index is 375. The fourth-order valence-corrected chi connectivity index (χ4v) is 2.07. The molecule has 0 aliphatic rings. The number of benzene rings is 1. The zero-order chi connectivity index (χ0) is 12.8. The molecule has 0 saturated carbocycles. The monoisotopic (exact) mass is 253 g/mol. The third-order valence-corrected chi connectivity index (χ3v) is 3.02. The highest BCUT2D eigenvalue weighted by molar-refractivity contribution is 7.98. The maximum atomic E-state index is 11.9. The van der Waals surface area contributed by atoms with Crippen LogP contribution in [0.5, 0.6) is 0 Å². The second kappa shape index (κ2) is 6.39. The normalized spacial score (nSPS) is 12.1. The van der Waals surface area contributed by atoms with Crippen molar-refractivity contribution in [1.29, 1.82) is 0 Å². The number of nitrogen functional groups attached to an aromatic ring is 2. The maximum Gasteiger partial charge on any atom is 0.251 e. The molecule has 0 aliphatic carbocycles. The van der Waals surface area contributed by atoms with Crippen molar-refractivity contribution in [3.05, 3.63) is 23.8 Å². The zero-order valence-electron chi connectivity index (χ0n) is 10.2. The fraction of sp³-hybridized carbons (Fsp3) is 0.417. The molecule has 0 heterocycles. The standard InChI is InChI=1S/C12H19N3OS/c1-8(3-4-17-2)15-12(16)9-5-10(13)7-11(14)6-9/h5-8H,3-4,13-14H2,1-2H3,(H,15,16). The first-order valence-corrected chi connectivity index (χ1v) is 6.88. The van der Waals surface area contributed by atoms with Gasteiger partial charge in [-0.1, -0.05) is 0 Å². The molecule has 0 fully saturated rings. The Hall–Kier alpha value is -1.36. The lowest BCUT2D eigenvalue weighted by atomic mass is 10.1. The highest BCUT2D eigenvalue weighted by atomic mass is 32.2. The number of carbonyl (C=O) groups is 1. The number of amides is 1. The van der Waals surface area contributed by atoms with E-state index in [0.29, 0.717) is 16.9 Å². The quantitative estimate of drug-likeness (QED) is 0.698. The molecule has 0 aromatic heterocycles. The summed E-state index contributed by atoms with van der Waals surface area (Å²) in [6.07, 6.45) is 3.00. The van der Waals surface area contributed by atoms with Crippen molar-refractivity contribution in [3.8, 4) is 0 Å². The summed E-state index contributed by atoms with van der Waals surface area (Å²) in [6.45, 7) is 1.99. The van der Waals surface area contributed by atoms with Crippen molar-refractivity contribution in [2.24, 2.45) is 0 Å². The first-order chi connectivity index (χ1) is 8.02. The molecule has 1 amide bonds. The summed E-state index contributed by atoms with van der Waals surface area (Å²) in [6, 6.07) is 5.05. The Kier molecular flexibility index (Phi) is 5.15. The molecule has 0 bridgehead atoms. The van der Waals surface area contributed by atoms with Crippen molar-refractivity contribution in [3.63, 3.8) is 0 Å². The van der Waals surface area contributed by atoms with Gasteiger partial charge in [0.15, 0.2) is 0 Å². The lowest BCUT2D eigenvalue weighted by molar-refractivity contribution is 0.0939. The molecule has 5 N–H and O–H groups in total. The summed E-state index contributed by atoms with van der Waals surface area (Å²) in [5.74, 6) is 0.901. The third kappa shape index (κ3) is 4.56. The molecule has 0 radical (unpaired) electrons. The number of anilines is 2. The van der Waals surface area contributed by atoms with Crippen LogP contribution >= 0.6 is 11.8 Å². The Morgan fingerprint density at radius 3 is 2.47 bits per heavy atom. The first kappa shape index (κ1) is 13.7. The van der Waals surface area contributed by atoms with Crippen LogP contribution in [0.4, 0.5) is 11.4 Å². The zero-order valence-corrected chi connectivity index (χ0v) is 11.0. The van der Waals surface area contributed by atoms with Gasteiger partial charge in [-0.25, -0.2) is 0 Å². The molecule has 1 atom stereocenters. The number of hydrogen-bond acceptors (Lipinski definition) is 4. The van der Waals surface area contributed by atoms with E-state index in [4.69, 9.17) is 11.5 Å². The topological polar surface area (TPSA) is 81.1 Å². The molecule has 1 rings (SSSR count). The van der Waals surface area contributed by atoms with Crippen molar-refractivity contribution < 1.29 is 4.79 Å². The molecule has 0 aliphatic heterocycles. The highest BCUT2D eigenvalue weighted by Crippen LogP contribution is 2.13. The smallest absolute Gasteiger partial charge is 0.251 e. The lowest BCUT2D eigenvalue weighted by Crippen LogP contribution is -2.33. The Morgan fingerprint density at radius 2 is 1.94 bits per heavy atom. The van der Waals surface area contributed by atoms with Crippen molar-refractivity contribution >= 4 is 29.0 Å². The number of carbonyl (C=O) groups excluding carboxylic acids is 1. The molecule has 1 aromatic carbocycles. The van der Waals surface area contributed by atoms with E-state index in [0.717, 1.165) is 12.2 Å². The van der Waals surface area contributed by atoms with Crippen molar-refractivity contribution in [2.45, 2.75) is 19.4 Å². The lowest BCUT2D eigenvalue weighted by Gasteiger charge is -2.13. The minimum absolute atomic E-state index is 0.127. The minimum Gasteiger partial charge on any atom is -0.399 e. The van der Waals surface area contributed by atoms with Crippen LogP contribution < -0.4 is 16.8 Å². The minimum atomic E-state index is -0.127. The average Bonchev–Trinajstić information content (AvgIpc) is 2.25. The second-order valence-corrected chi connectivity index (χ2v) is 5.03. The SMILES string of the molecule is CSCCC(C)NC(=O)c1cc(N)cc(N)c1. The Morgan fingerprint density at radius 1 is 1.35 bits per heavy atom. The number of rotatable bonds is 5. The first-order valence-electron chi connectivity index (χ1n) is 5.48. The van der Waals surface area contributed by atoms with E-state index < -0.39 is 0 Å². The Balaban J connectivity index is 2.63. The predicted molar refractivity (Wildman–Crippen MR) is 75.2 cm³/mol. The van der Waals surface area contributed by atoms with Crippen LogP contribution in [-0.4, -0.2) is 24.0 Å². The fourth-order valence-electron chi connectivity index (χ4n) is 1.48. The molecule has 5 heteroatoms. The van der Waals surface area contributed by atoms with Crippen LogP contribution in [0.2, 0.25) is 0 Å². The van der Waals surface area contributed by atoms with E-state index in [1.54, 1.807) is 30.0 Å². The summed E-state index contributed by atoms with van der Waals surface area (Å²) in [5.41, 5.74) is 12.8. The molecule has 17 heavy (non-hydrogen) atoms. The summed E-state index contributed by atoms with van der Waals surface area (Å²) >= 11 is 1.77. The van der Waals surface area contributed by atoms with Crippen LogP contribution in [0.25, 0.3) is 0 Å². The number of nitrogens with two attached hydrogens (primary N) is 2. The molecule has 0 spiro atoms. The molecule has 0 saturated heterocycles. The molecule has 1 aromatic rings. The number of thioether (sulfide) groups is 1. The van der Waals surface area contributed by atoms with Gasteiger partial charge in [-0.05, 0) is 43.6 Å². The van der Waals surface area contributed by atoms with E-state index in [2.05, 4.69) is 5.32 Å². The molecular formula is C12H19N3OS. The Labute approximate surface area is 106 Å². The van der Waals surface area contributed by atoms with E-state index >= 15 is 0 Å². The second-order valence-electron chi connectivity index (χ2n) is 4.04. The van der Waals surface area contributed by atoms with Gasteiger partial charge in [0.2, 0.25) is 0 Å². The van der Waals surface area contributed by atoms with Gasteiger partial charge in [0.05, 0.1) is 0 Å². The van der Waals surface area contributed by atoms with E-state index in [1.807, 2.05) is 13.2 Å². The summed E-state index contributed by atoms with van der Waals surface area (Å²) in [5, 5.41) is 2.92. The predicted octanol–water partition coefficient (Wildman–Crippen LogP) is 1.72.